The third kappa shape index (κ3) is 2.62. The third-order valence-corrected chi connectivity index (χ3v) is 1.84. The molecule has 0 aromatic heterocycles. The maximum atomic E-state index is 13.5. The number of rotatable bonds is 5. The number of carbonyl (C=O) groups is 1. The molecule has 0 aliphatic heterocycles. The van der Waals surface area contributed by atoms with Gasteiger partial charge in [0.1, 0.15) is 0 Å². The first kappa shape index (κ1) is 12.3. The van der Waals surface area contributed by atoms with Gasteiger partial charge in [-0.1, -0.05) is 0 Å². The Balaban J connectivity index is 3.21. The first-order chi connectivity index (χ1) is 7.60. The summed E-state index contributed by atoms with van der Waals surface area (Å²) in [5, 5.41) is 8.76. The Morgan fingerprint density at radius 1 is 1.31 bits per heavy atom. The SMILES string of the molecule is CCOc1cc(C(=O)O)cc(F)c1OCC. The van der Waals surface area contributed by atoms with E-state index in [9.17, 15) is 9.18 Å². The molecule has 0 bridgehead atoms. The summed E-state index contributed by atoms with van der Waals surface area (Å²) >= 11 is 0. The minimum Gasteiger partial charge on any atom is -0.490 e. The van der Waals surface area contributed by atoms with Crippen LogP contribution < -0.4 is 9.47 Å². The number of hydrogen-bond donors (Lipinski definition) is 1. The molecular weight excluding hydrogens is 215 g/mol. The quantitative estimate of drug-likeness (QED) is 0.840. The first-order valence-electron chi connectivity index (χ1n) is 4.92. The summed E-state index contributed by atoms with van der Waals surface area (Å²) < 4.78 is 23.7. The van der Waals surface area contributed by atoms with Crippen molar-refractivity contribution in [3.05, 3.63) is 23.5 Å². The molecule has 1 rings (SSSR count). The summed E-state index contributed by atoms with van der Waals surface area (Å²) in [6, 6.07) is 2.16. The molecule has 1 aromatic rings. The van der Waals surface area contributed by atoms with E-state index in [2.05, 4.69) is 0 Å². The van der Waals surface area contributed by atoms with E-state index in [0.717, 1.165) is 6.07 Å². The van der Waals surface area contributed by atoms with E-state index in [1.54, 1.807) is 13.8 Å². The number of carboxylic acids is 1. The molecule has 0 atom stereocenters. The molecule has 0 spiro atoms. The Kier molecular flexibility index (Phi) is 4.10. The van der Waals surface area contributed by atoms with Gasteiger partial charge >= 0.3 is 5.97 Å². The minimum absolute atomic E-state index is 0.0469. The Morgan fingerprint density at radius 3 is 2.44 bits per heavy atom. The van der Waals surface area contributed by atoms with Gasteiger partial charge in [0.2, 0.25) is 0 Å². The lowest BCUT2D eigenvalue weighted by Gasteiger charge is -2.12. The molecule has 1 aromatic carbocycles. The van der Waals surface area contributed by atoms with Gasteiger partial charge in [-0.25, -0.2) is 9.18 Å². The van der Waals surface area contributed by atoms with Gasteiger partial charge in [-0.15, -0.1) is 0 Å². The molecule has 0 aliphatic carbocycles. The maximum Gasteiger partial charge on any atom is 0.335 e. The largest absolute Gasteiger partial charge is 0.490 e. The number of halogens is 1. The molecule has 88 valence electrons. The van der Waals surface area contributed by atoms with Gasteiger partial charge in [0.25, 0.3) is 0 Å². The molecule has 0 unspecified atom stereocenters. The Morgan fingerprint density at radius 2 is 1.94 bits per heavy atom. The van der Waals surface area contributed by atoms with Crippen LogP contribution in [0.5, 0.6) is 11.5 Å². The smallest absolute Gasteiger partial charge is 0.335 e. The third-order valence-electron chi connectivity index (χ3n) is 1.84. The molecule has 0 radical (unpaired) electrons. The zero-order valence-corrected chi connectivity index (χ0v) is 9.12. The average Bonchev–Trinajstić information content (AvgIpc) is 2.23. The molecule has 0 saturated heterocycles. The van der Waals surface area contributed by atoms with Crippen molar-refractivity contribution in [1.82, 2.24) is 0 Å². The van der Waals surface area contributed by atoms with Crippen LogP contribution in [0.15, 0.2) is 12.1 Å². The van der Waals surface area contributed by atoms with Crippen LogP contribution in [0, 0.1) is 5.82 Å². The summed E-state index contributed by atoms with van der Waals surface area (Å²) in [5.74, 6) is -1.87. The number of aromatic carboxylic acids is 1. The van der Waals surface area contributed by atoms with Crippen LogP contribution in [0.4, 0.5) is 4.39 Å². The molecule has 0 saturated carbocycles. The summed E-state index contributed by atoms with van der Waals surface area (Å²) in [7, 11) is 0. The zero-order chi connectivity index (χ0) is 12.1. The van der Waals surface area contributed by atoms with Gasteiger partial charge in [0, 0.05) is 0 Å². The van der Waals surface area contributed by atoms with Gasteiger partial charge in [0.05, 0.1) is 18.8 Å². The predicted octanol–water partition coefficient (Wildman–Crippen LogP) is 2.32. The van der Waals surface area contributed by atoms with Crippen molar-refractivity contribution >= 4 is 5.97 Å². The summed E-state index contributed by atoms with van der Waals surface area (Å²) in [4.78, 5) is 10.7. The molecule has 0 fully saturated rings. The predicted molar refractivity (Wildman–Crippen MR) is 55.7 cm³/mol. The molecule has 5 heteroatoms. The lowest BCUT2D eigenvalue weighted by molar-refractivity contribution is 0.0695. The van der Waals surface area contributed by atoms with Crippen LogP contribution in [0.2, 0.25) is 0 Å². The molecule has 0 amide bonds. The van der Waals surface area contributed by atoms with Crippen LogP contribution in [0.25, 0.3) is 0 Å². The number of hydrogen-bond acceptors (Lipinski definition) is 3. The normalized spacial score (nSPS) is 9.94. The fraction of sp³-hybridized carbons (Fsp3) is 0.364. The highest BCUT2D eigenvalue weighted by Gasteiger charge is 2.16. The lowest BCUT2D eigenvalue weighted by atomic mass is 10.2. The summed E-state index contributed by atoms with van der Waals surface area (Å²) in [6.07, 6.45) is 0. The monoisotopic (exact) mass is 228 g/mol. The highest BCUT2D eigenvalue weighted by atomic mass is 19.1. The van der Waals surface area contributed by atoms with Crippen LogP contribution >= 0.6 is 0 Å². The van der Waals surface area contributed by atoms with Crippen molar-refractivity contribution in [2.75, 3.05) is 13.2 Å². The zero-order valence-electron chi connectivity index (χ0n) is 9.12. The molecule has 0 heterocycles. The molecule has 16 heavy (non-hydrogen) atoms. The van der Waals surface area contributed by atoms with E-state index in [-0.39, 0.29) is 23.7 Å². The van der Waals surface area contributed by atoms with Crippen LogP contribution in [-0.4, -0.2) is 24.3 Å². The molecule has 4 nitrogen and oxygen atoms in total. The number of carboxylic acid groups (broad SMARTS) is 1. The molecule has 1 N–H and O–H groups in total. The second kappa shape index (κ2) is 5.34. The van der Waals surface area contributed by atoms with Crippen LogP contribution in [0.3, 0.4) is 0 Å². The summed E-state index contributed by atoms with van der Waals surface area (Å²) in [5.41, 5.74) is -0.163. The van der Waals surface area contributed by atoms with Gasteiger partial charge in [0.15, 0.2) is 17.3 Å². The number of benzene rings is 1. The number of ether oxygens (including phenoxy) is 2. The van der Waals surface area contributed by atoms with Gasteiger partial charge in [-0.05, 0) is 26.0 Å². The average molecular weight is 228 g/mol. The van der Waals surface area contributed by atoms with Crippen molar-refractivity contribution in [2.24, 2.45) is 0 Å². The van der Waals surface area contributed by atoms with Crippen LogP contribution in [0.1, 0.15) is 24.2 Å². The highest BCUT2D eigenvalue weighted by Crippen LogP contribution is 2.32. The molecule has 0 aliphatic rings. The van der Waals surface area contributed by atoms with Crippen molar-refractivity contribution in [3.8, 4) is 11.5 Å². The fourth-order valence-corrected chi connectivity index (χ4v) is 1.24. The van der Waals surface area contributed by atoms with E-state index in [1.807, 2.05) is 0 Å². The van der Waals surface area contributed by atoms with E-state index in [1.165, 1.54) is 6.07 Å². The molecular formula is C11H13FO4. The first-order valence-corrected chi connectivity index (χ1v) is 4.92. The van der Waals surface area contributed by atoms with Crippen molar-refractivity contribution in [1.29, 1.82) is 0 Å². The van der Waals surface area contributed by atoms with Crippen LogP contribution in [-0.2, 0) is 0 Å². The lowest BCUT2D eigenvalue weighted by Crippen LogP contribution is -2.04. The Hall–Kier alpha value is -1.78. The maximum absolute atomic E-state index is 13.5. The van der Waals surface area contributed by atoms with Gasteiger partial charge in [-0.3, -0.25) is 0 Å². The topological polar surface area (TPSA) is 55.8 Å². The van der Waals surface area contributed by atoms with Crippen molar-refractivity contribution in [2.45, 2.75) is 13.8 Å². The van der Waals surface area contributed by atoms with Gasteiger partial charge in [-0.2, -0.15) is 0 Å². The Labute approximate surface area is 92.6 Å². The van der Waals surface area contributed by atoms with Crippen molar-refractivity contribution in [3.63, 3.8) is 0 Å². The van der Waals surface area contributed by atoms with E-state index in [4.69, 9.17) is 14.6 Å². The van der Waals surface area contributed by atoms with E-state index in [0.29, 0.717) is 6.61 Å². The second-order valence-electron chi connectivity index (χ2n) is 2.96. The van der Waals surface area contributed by atoms with E-state index >= 15 is 0 Å². The van der Waals surface area contributed by atoms with Crippen molar-refractivity contribution < 1.29 is 23.8 Å². The standard InChI is InChI=1S/C11H13FO4/c1-3-15-9-6-7(11(13)14)5-8(12)10(9)16-4-2/h5-6H,3-4H2,1-2H3,(H,13,14). The van der Waals surface area contributed by atoms with Gasteiger partial charge < -0.3 is 14.6 Å². The second-order valence-corrected chi connectivity index (χ2v) is 2.96. The minimum atomic E-state index is -1.21. The summed E-state index contributed by atoms with van der Waals surface area (Å²) in [6.45, 7) is 4.02. The Bertz CT molecular complexity index is 390. The fourth-order valence-electron chi connectivity index (χ4n) is 1.24. The highest BCUT2D eigenvalue weighted by molar-refractivity contribution is 5.88. The van der Waals surface area contributed by atoms with E-state index < -0.39 is 11.8 Å².